The highest BCUT2D eigenvalue weighted by Crippen LogP contribution is 2.29. The molecule has 1 aliphatic heterocycles. The molecule has 2 aromatic carbocycles. The summed E-state index contributed by atoms with van der Waals surface area (Å²) in [5.74, 6) is 1.46. The van der Waals surface area contributed by atoms with Crippen molar-refractivity contribution in [2.45, 2.75) is 12.8 Å². The van der Waals surface area contributed by atoms with Gasteiger partial charge in [0.1, 0.15) is 0 Å². The third kappa shape index (κ3) is 5.66. The Morgan fingerprint density at radius 2 is 1.61 bits per heavy atom. The van der Waals surface area contributed by atoms with Crippen molar-refractivity contribution >= 4 is 47.4 Å². The summed E-state index contributed by atoms with van der Waals surface area (Å²) in [6, 6.07) is 12.5. The maximum absolute atomic E-state index is 12.4. The highest BCUT2D eigenvalue weighted by molar-refractivity contribution is 14.0. The van der Waals surface area contributed by atoms with Crippen LogP contribution in [0.25, 0.3) is 0 Å². The SMILES string of the molecule is CN=C(NCCCCN1C(=O)c2ccccc2C1=O)Nc1ccc(OC)c(OC)c1.I. The lowest BCUT2D eigenvalue weighted by Gasteiger charge is -2.15. The number of unbranched alkanes of at least 4 members (excludes halogenated alkanes) is 1. The number of ether oxygens (including phenoxy) is 2. The zero-order valence-corrected chi connectivity index (χ0v) is 20.1. The average Bonchev–Trinajstić information content (AvgIpc) is 3.02. The van der Waals surface area contributed by atoms with Crippen LogP contribution >= 0.6 is 24.0 Å². The van der Waals surface area contributed by atoms with Crippen LogP contribution in [-0.4, -0.2) is 57.0 Å². The molecule has 0 aliphatic carbocycles. The minimum atomic E-state index is -0.213. The van der Waals surface area contributed by atoms with Crippen molar-refractivity contribution in [1.82, 2.24) is 10.2 Å². The Morgan fingerprint density at radius 3 is 2.19 bits per heavy atom. The lowest BCUT2D eigenvalue weighted by molar-refractivity contribution is 0.0652. The summed E-state index contributed by atoms with van der Waals surface area (Å²) in [5.41, 5.74) is 1.78. The van der Waals surface area contributed by atoms with Crippen molar-refractivity contribution in [3.05, 3.63) is 53.6 Å². The molecule has 1 heterocycles. The maximum Gasteiger partial charge on any atom is 0.261 e. The molecule has 0 fully saturated rings. The first kappa shape index (κ1) is 24.4. The molecule has 31 heavy (non-hydrogen) atoms. The van der Waals surface area contributed by atoms with E-state index in [1.165, 1.54) is 4.90 Å². The van der Waals surface area contributed by atoms with E-state index in [9.17, 15) is 9.59 Å². The third-order valence-corrected chi connectivity index (χ3v) is 4.85. The van der Waals surface area contributed by atoms with Crippen molar-refractivity contribution in [1.29, 1.82) is 0 Å². The monoisotopic (exact) mass is 538 g/mol. The fourth-order valence-corrected chi connectivity index (χ4v) is 3.27. The van der Waals surface area contributed by atoms with Crippen molar-refractivity contribution < 1.29 is 19.1 Å². The zero-order valence-electron chi connectivity index (χ0n) is 17.8. The summed E-state index contributed by atoms with van der Waals surface area (Å²) in [7, 11) is 4.87. The summed E-state index contributed by atoms with van der Waals surface area (Å²) in [4.78, 5) is 30.3. The van der Waals surface area contributed by atoms with E-state index in [2.05, 4.69) is 15.6 Å². The van der Waals surface area contributed by atoms with Gasteiger partial charge in [-0.15, -0.1) is 24.0 Å². The number of halogens is 1. The zero-order chi connectivity index (χ0) is 21.5. The number of amides is 2. The third-order valence-electron chi connectivity index (χ3n) is 4.85. The first-order chi connectivity index (χ1) is 14.6. The number of carbonyl (C=O) groups excluding carboxylic acids is 2. The predicted molar refractivity (Wildman–Crippen MR) is 131 cm³/mol. The van der Waals surface area contributed by atoms with Crippen LogP contribution in [0.2, 0.25) is 0 Å². The molecule has 2 N–H and O–H groups in total. The second-order valence-electron chi connectivity index (χ2n) is 6.71. The lowest BCUT2D eigenvalue weighted by atomic mass is 10.1. The van der Waals surface area contributed by atoms with E-state index < -0.39 is 0 Å². The standard InChI is InChI=1S/C22H26N4O4.HI/c1-23-22(25-15-10-11-18(29-2)19(14-15)30-3)24-12-6-7-13-26-20(27)16-8-4-5-9-17(16)21(26)28;/h4-5,8-11,14H,6-7,12-13H2,1-3H3,(H2,23,24,25);1H. The summed E-state index contributed by atoms with van der Waals surface area (Å²) < 4.78 is 10.6. The van der Waals surface area contributed by atoms with Gasteiger partial charge in [0.15, 0.2) is 17.5 Å². The molecule has 0 atom stereocenters. The Hall–Kier alpha value is -2.82. The topological polar surface area (TPSA) is 92.3 Å². The number of methoxy groups -OCH3 is 2. The molecule has 0 unspecified atom stereocenters. The van der Waals surface area contributed by atoms with Crippen LogP contribution in [0.3, 0.4) is 0 Å². The maximum atomic E-state index is 12.4. The summed E-state index contributed by atoms with van der Waals surface area (Å²) >= 11 is 0. The van der Waals surface area contributed by atoms with E-state index in [-0.39, 0.29) is 35.8 Å². The van der Waals surface area contributed by atoms with Gasteiger partial charge in [-0.2, -0.15) is 0 Å². The van der Waals surface area contributed by atoms with Gasteiger partial charge in [0.2, 0.25) is 0 Å². The Morgan fingerprint density at radius 1 is 0.968 bits per heavy atom. The number of nitrogens with one attached hydrogen (secondary N) is 2. The Labute approximate surface area is 199 Å². The molecule has 0 radical (unpaired) electrons. The van der Waals surface area contributed by atoms with Crippen LogP contribution in [-0.2, 0) is 0 Å². The lowest BCUT2D eigenvalue weighted by Crippen LogP contribution is -2.33. The minimum Gasteiger partial charge on any atom is -0.493 e. The fraction of sp³-hybridized carbons (Fsp3) is 0.318. The van der Waals surface area contributed by atoms with E-state index >= 15 is 0 Å². The second kappa shape index (κ2) is 11.5. The van der Waals surface area contributed by atoms with Crippen LogP contribution < -0.4 is 20.1 Å². The Kier molecular flexibility index (Phi) is 9.10. The number of imide groups is 1. The molecule has 0 spiro atoms. The number of guanidine groups is 1. The van der Waals surface area contributed by atoms with Gasteiger partial charge in [0.25, 0.3) is 11.8 Å². The van der Waals surface area contributed by atoms with E-state index in [0.29, 0.717) is 48.1 Å². The van der Waals surface area contributed by atoms with Crippen molar-refractivity contribution in [2.75, 3.05) is 39.7 Å². The molecular weight excluding hydrogens is 511 g/mol. The molecule has 3 rings (SSSR count). The van der Waals surface area contributed by atoms with Crippen LogP contribution in [0.1, 0.15) is 33.6 Å². The van der Waals surface area contributed by atoms with Crippen molar-refractivity contribution in [3.8, 4) is 11.5 Å². The minimum absolute atomic E-state index is 0. The highest BCUT2D eigenvalue weighted by atomic mass is 127. The first-order valence-electron chi connectivity index (χ1n) is 9.74. The van der Waals surface area contributed by atoms with E-state index in [1.807, 2.05) is 18.2 Å². The molecule has 0 saturated heterocycles. The number of hydrogen-bond acceptors (Lipinski definition) is 5. The Bertz CT molecular complexity index is 929. The quantitative estimate of drug-likeness (QED) is 0.176. The molecule has 166 valence electrons. The van der Waals surface area contributed by atoms with Gasteiger partial charge >= 0.3 is 0 Å². The highest BCUT2D eigenvalue weighted by Gasteiger charge is 2.34. The van der Waals surface area contributed by atoms with Gasteiger partial charge in [-0.3, -0.25) is 19.5 Å². The molecule has 1 aliphatic rings. The molecule has 0 bridgehead atoms. The molecule has 0 saturated carbocycles. The number of carbonyl (C=O) groups is 2. The van der Waals surface area contributed by atoms with Gasteiger partial charge in [-0.25, -0.2) is 0 Å². The van der Waals surface area contributed by atoms with Crippen LogP contribution in [0.4, 0.5) is 5.69 Å². The smallest absolute Gasteiger partial charge is 0.261 e. The summed E-state index contributed by atoms with van der Waals surface area (Å²) in [6.45, 7) is 1.05. The van der Waals surface area contributed by atoms with Crippen LogP contribution in [0.5, 0.6) is 11.5 Å². The first-order valence-corrected chi connectivity index (χ1v) is 9.74. The summed E-state index contributed by atoms with van der Waals surface area (Å²) in [6.07, 6.45) is 1.48. The number of anilines is 1. The number of rotatable bonds is 8. The number of fused-ring (bicyclic) bond motifs is 1. The molecule has 9 heteroatoms. The van der Waals surface area contributed by atoms with Gasteiger partial charge in [-0.05, 0) is 37.1 Å². The van der Waals surface area contributed by atoms with Gasteiger partial charge < -0.3 is 20.1 Å². The summed E-state index contributed by atoms with van der Waals surface area (Å²) in [5, 5.41) is 6.42. The van der Waals surface area contributed by atoms with Gasteiger partial charge in [0, 0.05) is 31.9 Å². The van der Waals surface area contributed by atoms with Crippen LogP contribution in [0.15, 0.2) is 47.5 Å². The molecular formula is C22H27IN4O4. The number of aliphatic imine (C=N–C) groups is 1. The number of hydrogen-bond donors (Lipinski definition) is 2. The molecule has 0 aromatic heterocycles. The van der Waals surface area contributed by atoms with Crippen molar-refractivity contribution in [2.24, 2.45) is 4.99 Å². The van der Waals surface area contributed by atoms with Gasteiger partial charge in [0.05, 0.1) is 25.3 Å². The number of benzene rings is 2. The Balaban J connectivity index is 0.00000341. The number of nitrogens with zero attached hydrogens (tertiary/aromatic N) is 2. The van der Waals surface area contributed by atoms with Crippen LogP contribution in [0, 0.1) is 0 Å². The fourth-order valence-electron chi connectivity index (χ4n) is 3.27. The molecule has 8 nitrogen and oxygen atoms in total. The second-order valence-corrected chi connectivity index (χ2v) is 6.71. The normalized spacial score (nSPS) is 12.9. The van der Waals surface area contributed by atoms with E-state index in [1.54, 1.807) is 45.5 Å². The average molecular weight is 538 g/mol. The van der Waals surface area contributed by atoms with Crippen molar-refractivity contribution in [3.63, 3.8) is 0 Å². The van der Waals surface area contributed by atoms with E-state index in [0.717, 1.165) is 12.1 Å². The molecule has 2 aromatic rings. The predicted octanol–water partition coefficient (Wildman–Crippen LogP) is 3.39. The molecule has 2 amide bonds. The van der Waals surface area contributed by atoms with Gasteiger partial charge in [-0.1, -0.05) is 12.1 Å². The van der Waals surface area contributed by atoms with E-state index in [4.69, 9.17) is 9.47 Å². The largest absolute Gasteiger partial charge is 0.493 e.